The Hall–Kier alpha value is -2.44. The Morgan fingerprint density at radius 1 is 1.25 bits per heavy atom. The first-order chi connectivity index (χ1) is 11.7. The molecule has 0 radical (unpaired) electrons. The Morgan fingerprint density at radius 2 is 2.17 bits per heavy atom. The molecule has 1 N–H and O–H groups in total. The van der Waals surface area contributed by atoms with E-state index in [-0.39, 0.29) is 0 Å². The number of nitrogens with one attached hydrogen (secondary N) is 1. The molecule has 0 atom stereocenters. The van der Waals surface area contributed by atoms with Crippen LogP contribution in [0.1, 0.15) is 17.0 Å². The standard InChI is InChI=1S/C17H18ClN5O/c1-23(10-17-20-12-21-22-17)9-14-7-15(18)4-5-16(14)24-11-13-3-2-6-19-8-13/h2-8,12H,9-11H2,1H3,(H,20,21,22). The van der Waals surface area contributed by atoms with E-state index in [1.807, 2.05) is 37.4 Å². The summed E-state index contributed by atoms with van der Waals surface area (Å²) in [5.41, 5.74) is 2.04. The largest absolute Gasteiger partial charge is 0.489 e. The summed E-state index contributed by atoms with van der Waals surface area (Å²) in [4.78, 5) is 10.4. The van der Waals surface area contributed by atoms with Crippen molar-refractivity contribution in [3.63, 3.8) is 0 Å². The molecule has 3 aromatic rings. The monoisotopic (exact) mass is 343 g/mol. The fraction of sp³-hybridized carbons (Fsp3) is 0.235. The molecule has 0 saturated heterocycles. The predicted octanol–water partition coefficient (Wildman–Crippen LogP) is 3.06. The van der Waals surface area contributed by atoms with E-state index in [0.717, 1.165) is 22.7 Å². The number of rotatable bonds is 7. The first-order valence-electron chi connectivity index (χ1n) is 7.53. The number of benzene rings is 1. The maximum Gasteiger partial charge on any atom is 0.138 e. The van der Waals surface area contributed by atoms with Gasteiger partial charge in [0.15, 0.2) is 0 Å². The number of aromatic nitrogens is 4. The minimum atomic E-state index is 0.467. The summed E-state index contributed by atoms with van der Waals surface area (Å²) in [6.45, 7) is 1.81. The van der Waals surface area contributed by atoms with E-state index in [1.54, 1.807) is 12.4 Å². The molecule has 0 unspecified atom stereocenters. The molecule has 7 heteroatoms. The molecule has 24 heavy (non-hydrogen) atoms. The fourth-order valence-electron chi connectivity index (χ4n) is 2.37. The van der Waals surface area contributed by atoms with Crippen LogP contribution in [0.5, 0.6) is 5.75 Å². The van der Waals surface area contributed by atoms with E-state index >= 15 is 0 Å². The number of hydrogen-bond donors (Lipinski definition) is 1. The van der Waals surface area contributed by atoms with Crippen LogP contribution in [0.4, 0.5) is 0 Å². The highest BCUT2D eigenvalue weighted by molar-refractivity contribution is 6.30. The third-order valence-corrected chi connectivity index (χ3v) is 3.70. The second-order valence-electron chi connectivity index (χ2n) is 5.51. The third-order valence-electron chi connectivity index (χ3n) is 3.46. The van der Waals surface area contributed by atoms with Gasteiger partial charge in [0.1, 0.15) is 24.5 Å². The second-order valence-corrected chi connectivity index (χ2v) is 5.94. The van der Waals surface area contributed by atoms with Gasteiger partial charge in [-0.25, -0.2) is 4.98 Å². The molecule has 6 nitrogen and oxygen atoms in total. The van der Waals surface area contributed by atoms with Crippen molar-refractivity contribution in [1.82, 2.24) is 25.1 Å². The number of pyridine rings is 1. The van der Waals surface area contributed by atoms with Crippen molar-refractivity contribution in [2.45, 2.75) is 19.7 Å². The summed E-state index contributed by atoms with van der Waals surface area (Å²) in [6.07, 6.45) is 5.05. The molecule has 0 fully saturated rings. The zero-order valence-corrected chi connectivity index (χ0v) is 14.1. The maximum atomic E-state index is 6.15. The van der Waals surface area contributed by atoms with Crippen LogP contribution >= 0.6 is 11.6 Å². The molecule has 0 aliphatic heterocycles. The smallest absolute Gasteiger partial charge is 0.138 e. The first-order valence-corrected chi connectivity index (χ1v) is 7.91. The zero-order valence-electron chi connectivity index (χ0n) is 13.3. The van der Waals surface area contributed by atoms with Gasteiger partial charge >= 0.3 is 0 Å². The number of ether oxygens (including phenoxy) is 1. The lowest BCUT2D eigenvalue weighted by Gasteiger charge is -2.18. The summed E-state index contributed by atoms with van der Waals surface area (Å²) in [5.74, 6) is 1.63. The van der Waals surface area contributed by atoms with E-state index in [4.69, 9.17) is 16.3 Å². The van der Waals surface area contributed by atoms with Crippen molar-refractivity contribution < 1.29 is 4.74 Å². The molecular formula is C17H18ClN5O. The summed E-state index contributed by atoms with van der Waals surface area (Å²) in [6, 6.07) is 9.54. The van der Waals surface area contributed by atoms with Crippen LogP contribution in [0.2, 0.25) is 5.02 Å². The fourth-order valence-corrected chi connectivity index (χ4v) is 2.56. The maximum absolute atomic E-state index is 6.15. The van der Waals surface area contributed by atoms with Crippen LogP contribution in [0.25, 0.3) is 0 Å². The van der Waals surface area contributed by atoms with Gasteiger partial charge in [-0.05, 0) is 31.3 Å². The van der Waals surface area contributed by atoms with Crippen molar-refractivity contribution in [2.24, 2.45) is 0 Å². The average molecular weight is 344 g/mol. The molecule has 0 aliphatic carbocycles. The first kappa shape index (κ1) is 16.4. The van der Waals surface area contributed by atoms with Gasteiger partial charge in [-0.1, -0.05) is 17.7 Å². The summed E-state index contributed by atoms with van der Waals surface area (Å²) in [7, 11) is 2.01. The molecule has 124 valence electrons. The number of hydrogen-bond acceptors (Lipinski definition) is 5. The Kier molecular flexibility index (Phi) is 5.40. The van der Waals surface area contributed by atoms with Gasteiger partial charge in [0.05, 0.1) is 6.54 Å². The van der Waals surface area contributed by atoms with Crippen LogP contribution in [0.3, 0.4) is 0 Å². The van der Waals surface area contributed by atoms with Crippen LogP contribution in [0, 0.1) is 0 Å². The van der Waals surface area contributed by atoms with Gasteiger partial charge in [-0.15, -0.1) is 0 Å². The Bertz CT molecular complexity index is 764. The molecule has 1 aromatic carbocycles. The zero-order chi connectivity index (χ0) is 16.8. The number of aromatic amines is 1. The normalized spacial score (nSPS) is 11.0. The Balaban J connectivity index is 1.68. The van der Waals surface area contributed by atoms with E-state index in [1.165, 1.54) is 6.33 Å². The summed E-state index contributed by atoms with van der Waals surface area (Å²) in [5, 5.41) is 7.41. The van der Waals surface area contributed by atoms with E-state index in [2.05, 4.69) is 25.1 Å². The lowest BCUT2D eigenvalue weighted by atomic mass is 10.2. The van der Waals surface area contributed by atoms with Gasteiger partial charge in [-0.2, -0.15) is 5.10 Å². The van der Waals surface area contributed by atoms with Gasteiger partial charge in [0.2, 0.25) is 0 Å². The highest BCUT2D eigenvalue weighted by atomic mass is 35.5. The lowest BCUT2D eigenvalue weighted by molar-refractivity contribution is 0.279. The van der Waals surface area contributed by atoms with Crippen LogP contribution in [-0.4, -0.2) is 32.1 Å². The number of H-pyrrole nitrogens is 1. The number of halogens is 1. The Morgan fingerprint density at radius 3 is 2.92 bits per heavy atom. The number of nitrogens with zero attached hydrogens (tertiary/aromatic N) is 4. The molecule has 0 saturated carbocycles. The van der Waals surface area contributed by atoms with Crippen molar-refractivity contribution in [1.29, 1.82) is 0 Å². The van der Waals surface area contributed by atoms with E-state index in [0.29, 0.717) is 24.7 Å². The van der Waals surface area contributed by atoms with Gasteiger partial charge < -0.3 is 4.74 Å². The summed E-state index contributed by atoms with van der Waals surface area (Å²) < 4.78 is 5.95. The quantitative estimate of drug-likeness (QED) is 0.714. The van der Waals surface area contributed by atoms with Crippen LogP contribution < -0.4 is 4.74 Å². The minimum Gasteiger partial charge on any atom is -0.489 e. The molecule has 0 amide bonds. The SMILES string of the molecule is CN(Cc1ncn[nH]1)Cc1cc(Cl)ccc1OCc1cccnc1. The minimum absolute atomic E-state index is 0.467. The molecule has 0 bridgehead atoms. The average Bonchev–Trinajstić information content (AvgIpc) is 3.08. The molecule has 2 heterocycles. The summed E-state index contributed by atoms with van der Waals surface area (Å²) >= 11 is 6.15. The van der Waals surface area contributed by atoms with Crippen molar-refractivity contribution in [2.75, 3.05) is 7.05 Å². The van der Waals surface area contributed by atoms with Crippen molar-refractivity contribution in [3.05, 3.63) is 71.0 Å². The Labute approximate surface area is 145 Å². The topological polar surface area (TPSA) is 66.9 Å². The van der Waals surface area contributed by atoms with E-state index < -0.39 is 0 Å². The van der Waals surface area contributed by atoms with Gasteiger partial charge in [-0.3, -0.25) is 15.0 Å². The molecular weight excluding hydrogens is 326 g/mol. The molecule has 3 rings (SSSR count). The lowest BCUT2D eigenvalue weighted by Crippen LogP contribution is -2.18. The molecule has 0 aliphatic rings. The van der Waals surface area contributed by atoms with E-state index in [9.17, 15) is 0 Å². The van der Waals surface area contributed by atoms with Crippen LogP contribution in [-0.2, 0) is 19.7 Å². The third kappa shape index (κ3) is 4.53. The van der Waals surface area contributed by atoms with Crippen LogP contribution in [0.15, 0.2) is 49.1 Å². The molecule has 0 spiro atoms. The van der Waals surface area contributed by atoms with Crippen molar-refractivity contribution >= 4 is 11.6 Å². The van der Waals surface area contributed by atoms with Crippen molar-refractivity contribution in [3.8, 4) is 5.75 Å². The predicted molar refractivity (Wildman–Crippen MR) is 91.6 cm³/mol. The van der Waals surface area contributed by atoms with Gasteiger partial charge in [0.25, 0.3) is 0 Å². The van der Waals surface area contributed by atoms with Gasteiger partial charge in [0, 0.05) is 35.1 Å². The molecule has 2 aromatic heterocycles. The second kappa shape index (κ2) is 7.90. The highest BCUT2D eigenvalue weighted by Gasteiger charge is 2.10. The highest BCUT2D eigenvalue weighted by Crippen LogP contribution is 2.25.